The lowest BCUT2D eigenvalue weighted by Crippen LogP contribution is -2.07. The SMILES string of the molecule is CCCCCCCCCCCCC(c1ccc(C(CCCCCCCCCCC)c2ccc(C(CCCCCCCCCCCC)c3ccc(N)cc3C)cc2)cc1)c1ccc(N)cc1C. The summed E-state index contributed by atoms with van der Waals surface area (Å²) in [7, 11) is 0. The first-order valence-electron chi connectivity index (χ1n) is 28.3. The van der Waals surface area contributed by atoms with E-state index in [-0.39, 0.29) is 0 Å². The standard InChI is InChI=1S/C64H100N2/c1-6-9-12-15-18-21-24-27-30-33-36-63(60-48-46-58(65)50-52(60)4)56-42-38-54(39-43-56)62(35-32-29-26-23-20-17-14-11-8-3)55-40-44-57(45-41-55)64(61-49-47-59(66)51-53(61)5)37-34-31-28-25-22-19-16-13-10-7-2/h38-51,62-64H,6-37,65-66H2,1-5H3. The molecule has 0 bridgehead atoms. The maximum absolute atomic E-state index is 6.29. The second-order valence-corrected chi connectivity index (χ2v) is 20.8. The number of benzene rings is 4. The highest BCUT2D eigenvalue weighted by molar-refractivity contribution is 5.50. The summed E-state index contributed by atoms with van der Waals surface area (Å²) in [6.07, 6.45) is 43.3. The third-order valence-corrected chi connectivity index (χ3v) is 15.1. The van der Waals surface area contributed by atoms with Crippen molar-refractivity contribution in [3.05, 3.63) is 129 Å². The molecule has 0 aliphatic rings. The van der Waals surface area contributed by atoms with Crippen LogP contribution in [0.1, 0.15) is 288 Å². The first kappa shape index (κ1) is 55.1. The minimum atomic E-state index is 0.396. The Morgan fingerprint density at radius 3 is 0.773 bits per heavy atom. The largest absolute Gasteiger partial charge is 0.399 e. The second kappa shape index (κ2) is 33.9. The number of nitrogens with two attached hydrogens (primary N) is 2. The highest BCUT2D eigenvalue weighted by atomic mass is 14.5. The minimum Gasteiger partial charge on any atom is -0.399 e. The zero-order valence-corrected chi connectivity index (χ0v) is 43.6. The summed E-state index contributed by atoms with van der Waals surface area (Å²) in [4.78, 5) is 0. The molecule has 0 aromatic heterocycles. The quantitative estimate of drug-likeness (QED) is 0.0348. The van der Waals surface area contributed by atoms with Crippen LogP contribution in [0.5, 0.6) is 0 Å². The molecule has 4 aromatic rings. The number of nitrogen functional groups attached to an aromatic ring is 2. The molecule has 0 aliphatic heterocycles. The van der Waals surface area contributed by atoms with E-state index in [0.717, 1.165) is 11.4 Å². The summed E-state index contributed by atoms with van der Waals surface area (Å²) in [5, 5.41) is 0. The first-order chi connectivity index (χ1) is 32.4. The number of hydrogen-bond acceptors (Lipinski definition) is 2. The van der Waals surface area contributed by atoms with Crippen LogP contribution < -0.4 is 11.5 Å². The lowest BCUT2D eigenvalue weighted by molar-refractivity contribution is 0.539. The summed E-state index contributed by atoms with van der Waals surface area (Å²) in [6.45, 7) is 11.4. The van der Waals surface area contributed by atoms with Crippen molar-refractivity contribution in [1.82, 2.24) is 0 Å². The lowest BCUT2D eigenvalue weighted by atomic mass is 9.80. The third-order valence-electron chi connectivity index (χ3n) is 15.1. The number of aryl methyl sites for hydroxylation is 2. The summed E-state index contributed by atoms with van der Waals surface area (Å²) in [6, 6.07) is 33.1. The molecule has 4 N–H and O–H groups in total. The van der Waals surface area contributed by atoms with Crippen LogP contribution in [0.4, 0.5) is 11.4 Å². The van der Waals surface area contributed by atoms with Crippen LogP contribution in [0.2, 0.25) is 0 Å². The van der Waals surface area contributed by atoms with Crippen molar-refractivity contribution in [1.29, 1.82) is 0 Å². The van der Waals surface area contributed by atoms with Gasteiger partial charge in [0.2, 0.25) is 0 Å². The van der Waals surface area contributed by atoms with Crippen molar-refractivity contribution in [3.8, 4) is 0 Å². The molecular weight excluding hydrogens is 797 g/mol. The van der Waals surface area contributed by atoms with E-state index in [4.69, 9.17) is 11.5 Å². The molecule has 2 heteroatoms. The normalized spacial score (nSPS) is 13.0. The molecule has 0 radical (unpaired) electrons. The van der Waals surface area contributed by atoms with Crippen LogP contribution >= 0.6 is 0 Å². The second-order valence-electron chi connectivity index (χ2n) is 20.8. The number of hydrogen-bond donors (Lipinski definition) is 2. The Bertz CT molecular complexity index is 1680. The number of rotatable bonds is 38. The van der Waals surface area contributed by atoms with E-state index in [1.54, 1.807) is 0 Å². The van der Waals surface area contributed by atoms with Crippen LogP contribution in [0.25, 0.3) is 0 Å². The van der Waals surface area contributed by atoms with E-state index in [0.29, 0.717) is 17.8 Å². The Morgan fingerprint density at radius 1 is 0.288 bits per heavy atom. The van der Waals surface area contributed by atoms with E-state index < -0.39 is 0 Å². The Balaban J connectivity index is 1.50. The average molecular weight is 898 g/mol. The lowest BCUT2D eigenvalue weighted by Gasteiger charge is -2.24. The molecule has 2 atom stereocenters. The van der Waals surface area contributed by atoms with Crippen LogP contribution in [-0.4, -0.2) is 0 Å². The van der Waals surface area contributed by atoms with Gasteiger partial charge in [0.1, 0.15) is 0 Å². The van der Waals surface area contributed by atoms with Crippen LogP contribution in [-0.2, 0) is 0 Å². The van der Waals surface area contributed by atoms with E-state index in [9.17, 15) is 0 Å². The van der Waals surface area contributed by atoms with Crippen LogP contribution in [0.3, 0.4) is 0 Å². The molecule has 66 heavy (non-hydrogen) atoms. The van der Waals surface area contributed by atoms with Crippen molar-refractivity contribution in [3.63, 3.8) is 0 Å². The van der Waals surface area contributed by atoms with E-state index >= 15 is 0 Å². The van der Waals surface area contributed by atoms with E-state index in [2.05, 4.69) is 120 Å². The first-order valence-corrected chi connectivity index (χ1v) is 28.3. The van der Waals surface area contributed by atoms with Gasteiger partial charge in [-0.3, -0.25) is 0 Å². The number of anilines is 2. The minimum absolute atomic E-state index is 0.396. The molecular formula is C64H100N2. The van der Waals surface area contributed by atoms with E-state index in [1.807, 2.05) is 0 Å². The van der Waals surface area contributed by atoms with Gasteiger partial charge in [-0.25, -0.2) is 0 Å². The Kier molecular flexibility index (Phi) is 28.3. The highest BCUT2D eigenvalue weighted by Crippen LogP contribution is 2.38. The predicted molar refractivity (Wildman–Crippen MR) is 294 cm³/mol. The molecule has 0 amide bonds. The maximum Gasteiger partial charge on any atom is 0.0316 e. The van der Waals surface area contributed by atoms with Crippen molar-refractivity contribution in [2.24, 2.45) is 0 Å². The predicted octanol–water partition coefficient (Wildman–Crippen LogP) is 20.4. The third kappa shape index (κ3) is 20.8. The smallest absolute Gasteiger partial charge is 0.0316 e. The average Bonchev–Trinajstić information content (AvgIpc) is 3.32. The van der Waals surface area contributed by atoms with Gasteiger partial charge in [0.05, 0.1) is 0 Å². The Labute approximate surface area is 408 Å². The molecule has 0 aliphatic carbocycles. The maximum atomic E-state index is 6.29. The molecule has 366 valence electrons. The molecule has 2 unspecified atom stereocenters. The van der Waals surface area contributed by atoms with Gasteiger partial charge in [-0.1, -0.05) is 268 Å². The molecule has 0 spiro atoms. The zero-order valence-electron chi connectivity index (χ0n) is 43.6. The fourth-order valence-corrected chi connectivity index (χ4v) is 11.0. The zero-order chi connectivity index (χ0) is 47.0. The summed E-state index contributed by atoms with van der Waals surface area (Å²) >= 11 is 0. The van der Waals surface area contributed by atoms with Gasteiger partial charge in [0.25, 0.3) is 0 Å². The molecule has 4 rings (SSSR count). The topological polar surface area (TPSA) is 52.0 Å². The fraction of sp³-hybridized carbons (Fsp3) is 0.625. The van der Waals surface area contributed by atoms with Crippen LogP contribution in [0, 0.1) is 13.8 Å². The van der Waals surface area contributed by atoms with Gasteiger partial charge in [0.15, 0.2) is 0 Å². The van der Waals surface area contributed by atoms with E-state index in [1.165, 1.54) is 250 Å². The summed E-state index contributed by atoms with van der Waals surface area (Å²) in [5.74, 6) is 1.19. The summed E-state index contributed by atoms with van der Waals surface area (Å²) in [5.41, 5.74) is 25.7. The van der Waals surface area contributed by atoms with Crippen molar-refractivity contribution >= 4 is 11.4 Å². The molecule has 0 saturated heterocycles. The molecule has 0 heterocycles. The summed E-state index contributed by atoms with van der Waals surface area (Å²) < 4.78 is 0. The molecule has 2 nitrogen and oxygen atoms in total. The highest BCUT2D eigenvalue weighted by Gasteiger charge is 2.21. The molecule has 0 fully saturated rings. The van der Waals surface area contributed by atoms with Gasteiger partial charge in [-0.05, 0) is 102 Å². The van der Waals surface area contributed by atoms with Crippen molar-refractivity contribution in [2.75, 3.05) is 11.5 Å². The van der Waals surface area contributed by atoms with Gasteiger partial charge < -0.3 is 11.5 Å². The monoisotopic (exact) mass is 897 g/mol. The molecule has 4 aromatic carbocycles. The van der Waals surface area contributed by atoms with Crippen molar-refractivity contribution < 1.29 is 0 Å². The van der Waals surface area contributed by atoms with Crippen molar-refractivity contribution in [2.45, 2.75) is 258 Å². The van der Waals surface area contributed by atoms with Gasteiger partial charge in [-0.15, -0.1) is 0 Å². The Hall–Kier alpha value is -3.52. The molecule has 0 saturated carbocycles. The van der Waals surface area contributed by atoms with Gasteiger partial charge >= 0.3 is 0 Å². The van der Waals surface area contributed by atoms with Crippen LogP contribution in [0.15, 0.2) is 84.9 Å². The van der Waals surface area contributed by atoms with Gasteiger partial charge in [-0.2, -0.15) is 0 Å². The fourth-order valence-electron chi connectivity index (χ4n) is 11.0. The van der Waals surface area contributed by atoms with Gasteiger partial charge in [0, 0.05) is 29.1 Å². The number of unbranched alkanes of at least 4 members (excludes halogenated alkanes) is 26. The Morgan fingerprint density at radius 2 is 0.515 bits per heavy atom.